The quantitative estimate of drug-likeness (QED) is 0.0978. The van der Waals surface area contributed by atoms with Gasteiger partial charge in [0.2, 0.25) is 0 Å². The fourth-order valence-corrected chi connectivity index (χ4v) is 9.67. The van der Waals surface area contributed by atoms with Crippen LogP contribution in [-0.2, 0) is 4.79 Å². The third-order valence-electron chi connectivity index (χ3n) is 6.92. The van der Waals surface area contributed by atoms with E-state index in [2.05, 4.69) is 27.4 Å². The van der Waals surface area contributed by atoms with E-state index in [-0.39, 0.29) is 0 Å². The van der Waals surface area contributed by atoms with Gasteiger partial charge in [0, 0.05) is 5.20 Å². The predicted octanol–water partition coefficient (Wildman–Crippen LogP) is 9.70. The van der Waals surface area contributed by atoms with Crippen molar-refractivity contribution in [2.45, 2.75) is 154 Å². The molecule has 0 aliphatic heterocycles. The summed E-state index contributed by atoms with van der Waals surface area (Å²) >= 11 is 0. The molecule has 0 heterocycles. The Bertz CT molecular complexity index is 378. The fraction of sp³-hybridized carbons (Fsp3) is 0.889. The largest absolute Gasteiger partial charge is 0.478 e. The van der Waals surface area contributed by atoms with Gasteiger partial charge in [0.25, 0.3) is 0 Å². The van der Waals surface area contributed by atoms with Gasteiger partial charge in [-0.25, -0.2) is 4.79 Å². The number of aliphatic carboxylic acids is 1. The molecule has 178 valence electrons. The van der Waals surface area contributed by atoms with Crippen molar-refractivity contribution in [3.05, 3.63) is 11.8 Å². The Labute approximate surface area is 190 Å². The van der Waals surface area contributed by atoms with Gasteiger partial charge in [-0.05, 0) is 0 Å². The molecule has 0 saturated heterocycles. The lowest BCUT2D eigenvalue weighted by Gasteiger charge is -2.32. The van der Waals surface area contributed by atoms with Crippen LogP contribution in [0.15, 0.2) is 11.8 Å². The summed E-state index contributed by atoms with van der Waals surface area (Å²) in [6.45, 7) is 11.0. The topological polar surface area (TPSA) is 37.3 Å². The van der Waals surface area contributed by atoms with E-state index in [9.17, 15) is 9.90 Å². The molecule has 1 N–H and O–H groups in total. The van der Waals surface area contributed by atoms with Crippen LogP contribution in [0.2, 0.25) is 18.1 Å². The second-order valence-electron chi connectivity index (χ2n) is 9.62. The molecule has 0 atom stereocenters. The minimum absolute atomic E-state index is 0.637. The molecule has 0 unspecified atom stereocenters. The van der Waals surface area contributed by atoms with Crippen molar-refractivity contribution in [1.82, 2.24) is 0 Å². The van der Waals surface area contributed by atoms with Gasteiger partial charge in [-0.2, -0.15) is 0 Å². The molecule has 0 radical (unpaired) electrons. The molecule has 0 bridgehead atoms. The highest BCUT2D eigenvalue weighted by Crippen LogP contribution is 2.35. The minimum atomic E-state index is -1.96. The molecule has 0 rings (SSSR count). The summed E-state index contributed by atoms with van der Waals surface area (Å²) in [5.74, 6) is -0.704. The van der Waals surface area contributed by atoms with Gasteiger partial charge in [0.1, 0.15) is 0 Å². The summed E-state index contributed by atoms with van der Waals surface area (Å²) in [5.41, 5.74) is 0. The van der Waals surface area contributed by atoms with E-state index in [0.717, 1.165) is 18.1 Å². The number of hydrogen-bond donors (Lipinski definition) is 1. The fourth-order valence-electron chi connectivity index (χ4n) is 4.79. The lowest BCUT2D eigenvalue weighted by molar-refractivity contribution is -0.132. The monoisotopic (exact) mass is 438 g/mol. The van der Waals surface area contributed by atoms with E-state index in [0.29, 0.717) is 5.20 Å². The molecule has 0 spiro atoms. The van der Waals surface area contributed by atoms with Crippen molar-refractivity contribution in [1.29, 1.82) is 0 Å². The van der Waals surface area contributed by atoms with Gasteiger partial charge in [-0.15, -0.1) is 0 Å². The molecule has 0 aliphatic carbocycles. The van der Waals surface area contributed by atoms with Gasteiger partial charge in [-0.3, -0.25) is 0 Å². The van der Waals surface area contributed by atoms with Crippen molar-refractivity contribution >= 4 is 14.0 Å². The second kappa shape index (κ2) is 20.3. The maximum atomic E-state index is 12.0. The van der Waals surface area contributed by atoms with E-state index >= 15 is 0 Å². The number of unbranched alkanes of at least 4 members (excludes halogenated alkanes) is 15. The summed E-state index contributed by atoms with van der Waals surface area (Å²) in [6.07, 6.45) is 23.2. The summed E-state index contributed by atoms with van der Waals surface area (Å²) in [7, 11) is -1.96. The summed E-state index contributed by atoms with van der Waals surface area (Å²) in [5, 5.41) is 10.5. The van der Waals surface area contributed by atoms with Gasteiger partial charge in [0.15, 0.2) is 0 Å². The molecule has 0 saturated carbocycles. The van der Waals surface area contributed by atoms with Crippen LogP contribution in [0, 0.1) is 0 Å². The van der Waals surface area contributed by atoms with E-state index < -0.39 is 14.0 Å². The average molecular weight is 439 g/mol. The van der Waals surface area contributed by atoms with E-state index in [1.807, 2.05) is 0 Å². The van der Waals surface area contributed by atoms with Crippen molar-refractivity contribution in [2.75, 3.05) is 0 Å². The highest BCUT2D eigenvalue weighted by Gasteiger charge is 2.37. The number of carbonyl (C=O) groups is 1. The third-order valence-corrected chi connectivity index (χ3v) is 12.4. The van der Waals surface area contributed by atoms with Crippen LogP contribution in [-0.4, -0.2) is 19.1 Å². The number of carboxylic acids is 1. The van der Waals surface area contributed by atoms with Gasteiger partial charge in [-0.1, -0.05) is 161 Å². The summed E-state index contributed by atoms with van der Waals surface area (Å²) in [4.78, 5) is 12.0. The summed E-state index contributed by atoms with van der Waals surface area (Å²) < 4.78 is 0. The first-order chi connectivity index (χ1) is 14.5. The Balaban J connectivity index is 4.84. The van der Waals surface area contributed by atoms with E-state index in [1.54, 1.807) is 0 Å². The Morgan fingerprint density at radius 3 is 1.10 bits per heavy atom. The molecule has 0 aliphatic rings. The van der Waals surface area contributed by atoms with Crippen molar-refractivity contribution in [2.24, 2.45) is 0 Å². The van der Waals surface area contributed by atoms with Crippen molar-refractivity contribution in [3.63, 3.8) is 0 Å². The zero-order valence-corrected chi connectivity index (χ0v) is 21.9. The van der Waals surface area contributed by atoms with Crippen molar-refractivity contribution in [3.8, 4) is 0 Å². The number of carboxylic acid groups (broad SMARTS) is 1. The minimum Gasteiger partial charge on any atom is -0.478 e. The highest BCUT2D eigenvalue weighted by molar-refractivity contribution is 6.90. The number of hydrogen-bond acceptors (Lipinski definition) is 1. The lowest BCUT2D eigenvalue weighted by Crippen LogP contribution is -2.40. The molecule has 3 heteroatoms. The van der Waals surface area contributed by atoms with Crippen LogP contribution < -0.4 is 0 Å². The average Bonchev–Trinajstić information content (AvgIpc) is 2.74. The first kappa shape index (κ1) is 29.4. The second-order valence-corrected chi connectivity index (χ2v) is 14.3. The van der Waals surface area contributed by atoms with Crippen LogP contribution in [0.4, 0.5) is 0 Å². The number of rotatable bonds is 23. The molecule has 0 fully saturated rings. The molecule has 0 aromatic heterocycles. The Morgan fingerprint density at radius 1 is 0.567 bits per heavy atom. The molecule has 0 aromatic rings. The SMILES string of the molecule is C=C(C(=O)O)[Si](CCCCCCCC)(CCCCCCCC)CCCCCCCC. The maximum Gasteiger partial charge on any atom is 0.326 e. The Kier molecular flexibility index (Phi) is 19.9. The normalized spacial score (nSPS) is 11.7. The molecule has 2 nitrogen and oxygen atoms in total. The predicted molar refractivity (Wildman–Crippen MR) is 137 cm³/mol. The lowest BCUT2D eigenvalue weighted by atomic mass is 10.1. The van der Waals surface area contributed by atoms with Crippen LogP contribution in [0.5, 0.6) is 0 Å². The first-order valence-electron chi connectivity index (χ1n) is 13.5. The summed E-state index contributed by atoms with van der Waals surface area (Å²) in [6, 6.07) is 3.48. The van der Waals surface area contributed by atoms with Gasteiger partial charge < -0.3 is 5.11 Å². The molecular weight excluding hydrogens is 384 g/mol. The molecule has 0 amide bonds. The first-order valence-corrected chi connectivity index (χ1v) is 16.1. The Morgan fingerprint density at radius 2 is 0.833 bits per heavy atom. The highest BCUT2D eigenvalue weighted by atomic mass is 28.3. The standard InChI is InChI=1S/C27H54O2Si/c1-5-8-11-14-17-20-23-30(26(4)27(28)29,24-21-18-15-12-9-6-2)25-22-19-16-13-10-7-3/h4-25H2,1-3H3,(H,28,29). The van der Waals surface area contributed by atoms with Gasteiger partial charge >= 0.3 is 5.97 Å². The van der Waals surface area contributed by atoms with Crippen molar-refractivity contribution < 1.29 is 9.90 Å². The smallest absolute Gasteiger partial charge is 0.326 e. The van der Waals surface area contributed by atoms with Crippen LogP contribution in [0.25, 0.3) is 0 Å². The molecule has 0 aromatic carbocycles. The molecule has 30 heavy (non-hydrogen) atoms. The maximum absolute atomic E-state index is 12.0. The van der Waals surface area contributed by atoms with Gasteiger partial charge in [0.05, 0.1) is 8.07 Å². The zero-order valence-electron chi connectivity index (χ0n) is 20.9. The zero-order chi connectivity index (χ0) is 22.5. The van der Waals surface area contributed by atoms with E-state index in [1.165, 1.54) is 116 Å². The molecular formula is C27H54O2Si. The third kappa shape index (κ3) is 14.4. The van der Waals surface area contributed by atoms with Crippen LogP contribution in [0.3, 0.4) is 0 Å². The van der Waals surface area contributed by atoms with E-state index in [4.69, 9.17) is 0 Å². The Hall–Kier alpha value is -0.573. The van der Waals surface area contributed by atoms with Crippen LogP contribution in [0.1, 0.15) is 136 Å². The van der Waals surface area contributed by atoms with Crippen LogP contribution >= 0.6 is 0 Å².